The summed E-state index contributed by atoms with van der Waals surface area (Å²) in [5.74, 6) is 7.94. The van der Waals surface area contributed by atoms with Crippen molar-refractivity contribution in [3.63, 3.8) is 0 Å². The smallest absolute Gasteiger partial charge is 0.250 e. The standard InChI is InChI=1S/C18H18ClN3OS/c19-15-5-1-3-13(11-15)4-2-10-23-18-17(20-24-21-18)16-12-22-8-6-14(16)7-9-22/h1,3,5,11,14,16H,6-10,12H2. The van der Waals surface area contributed by atoms with Crippen LogP contribution >= 0.6 is 23.3 Å². The van der Waals surface area contributed by atoms with Crippen LogP contribution in [0, 0.1) is 17.8 Å². The molecular weight excluding hydrogens is 342 g/mol. The lowest BCUT2D eigenvalue weighted by Gasteiger charge is -2.44. The van der Waals surface area contributed by atoms with Crippen LogP contribution in [0.2, 0.25) is 5.02 Å². The lowest BCUT2D eigenvalue weighted by atomic mass is 9.77. The number of fused-ring (bicyclic) bond motifs is 3. The first-order valence-corrected chi connectivity index (χ1v) is 9.32. The quantitative estimate of drug-likeness (QED) is 0.787. The Morgan fingerprint density at radius 3 is 2.92 bits per heavy atom. The second kappa shape index (κ2) is 7.10. The fraction of sp³-hybridized carbons (Fsp3) is 0.444. The molecular formula is C18H18ClN3OS. The van der Waals surface area contributed by atoms with E-state index in [1.807, 2.05) is 24.3 Å². The Labute approximate surface area is 151 Å². The Bertz CT molecular complexity index is 774. The number of benzene rings is 1. The Hall–Kier alpha value is -1.61. The van der Waals surface area contributed by atoms with E-state index in [0.717, 1.165) is 23.7 Å². The van der Waals surface area contributed by atoms with Crippen molar-refractivity contribution in [1.29, 1.82) is 0 Å². The maximum absolute atomic E-state index is 5.96. The molecule has 6 heteroatoms. The van der Waals surface area contributed by atoms with Crippen molar-refractivity contribution in [3.8, 4) is 17.7 Å². The molecule has 3 fully saturated rings. The molecule has 2 aromatic rings. The van der Waals surface area contributed by atoms with E-state index in [-0.39, 0.29) is 0 Å². The number of nitrogens with zero attached hydrogens (tertiary/aromatic N) is 3. The van der Waals surface area contributed by atoms with Gasteiger partial charge in [0, 0.05) is 23.0 Å². The van der Waals surface area contributed by atoms with E-state index in [9.17, 15) is 0 Å². The van der Waals surface area contributed by atoms with E-state index < -0.39 is 0 Å². The van der Waals surface area contributed by atoms with Gasteiger partial charge in [0.25, 0.3) is 0 Å². The molecule has 2 bridgehead atoms. The van der Waals surface area contributed by atoms with Gasteiger partial charge in [-0.25, -0.2) is 0 Å². The van der Waals surface area contributed by atoms with Gasteiger partial charge in [-0.05, 0) is 50.0 Å². The van der Waals surface area contributed by atoms with Crippen molar-refractivity contribution in [1.82, 2.24) is 13.6 Å². The minimum atomic E-state index is 0.312. The molecule has 1 aromatic carbocycles. The molecule has 24 heavy (non-hydrogen) atoms. The first kappa shape index (κ1) is 15.9. The number of piperidine rings is 3. The summed E-state index contributed by atoms with van der Waals surface area (Å²) in [4.78, 5) is 2.52. The molecule has 1 aromatic heterocycles. The molecule has 5 rings (SSSR count). The molecule has 0 spiro atoms. The highest BCUT2D eigenvalue weighted by Crippen LogP contribution is 2.41. The summed E-state index contributed by atoms with van der Waals surface area (Å²) in [6.45, 7) is 3.84. The zero-order chi connectivity index (χ0) is 16.4. The molecule has 1 atom stereocenters. The zero-order valence-corrected chi connectivity index (χ0v) is 14.8. The number of hydrogen-bond acceptors (Lipinski definition) is 5. The van der Waals surface area contributed by atoms with Gasteiger partial charge in [0.15, 0.2) is 6.61 Å². The molecule has 4 heterocycles. The molecule has 0 aliphatic carbocycles. The van der Waals surface area contributed by atoms with E-state index in [1.54, 1.807) is 0 Å². The normalized spacial score (nSPS) is 25.1. The molecule has 0 radical (unpaired) electrons. The Morgan fingerprint density at radius 2 is 2.17 bits per heavy atom. The summed E-state index contributed by atoms with van der Waals surface area (Å²) in [5.41, 5.74) is 1.92. The third kappa shape index (κ3) is 3.41. The lowest BCUT2D eigenvalue weighted by Crippen LogP contribution is -2.46. The molecule has 124 valence electrons. The number of hydrogen-bond donors (Lipinski definition) is 0. The Kier molecular flexibility index (Phi) is 4.70. The Balaban J connectivity index is 1.41. The number of halogens is 1. The van der Waals surface area contributed by atoms with Crippen molar-refractivity contribution < 1.29 is 4.74 Å². The fourth-order valence-electron chi connectivity index (χ4n) is 3.60. The van der Waals surface area contributed by atoms with Crippen LogP contribution in [0.1, 0.15) is 30.0 Å². The van der Waals surface area contributed by atoms with Crippen LogP contribution in [0.3, 0.4) is 0 Å². The maximum Gasteiger partial charge on any atom is 0.250 e. The minimum absolute atomic E-state index is 0.312. The van der Waals surface area contributed by atoms with Gasteiger partial charge in [0.2, 0.25) is 5.88 Å². The van der Waals surface area contributed by atoms with E-state index in [2.05, 4.69) is 25.5 Å². The summed E-state index contributed by atoms with van der Waals surface area (Å²) < 4.78 is 14.7. The summed E-state index contributed by atoms with van der Waals surface area (Å²) in [6.07, 6.45) is 2.52. The van der Waals surface area contributed by atoms with Crippen LogP contribution in [-0.4, -0.2) is 39.9 Å². The van der Waals surface area contributed by atoms with Crippen LogP contribution in [0.15, 0.2) is 24.3 Å². The summed E-state index contributed by atoms with van der Waals surface area (Å²) in [7, 11) is 0. The first-order valence-electron chi connectivity index (χ1n) is 8.21. The molecule has 4 nitrogen and oxygen atoms in total. The van der Waals surface area contributed by atoms with Gasteiger partial charge in [-0.2, -0.15) is 4.37 Å². The van der Waals surface area contributed by atoms with Crippen molar-refractivity contribution in [3.05, 3.63) is 40.5 Å². The van der Waals surface area contributed by atoms with Crippen LogP contribution in [0.25, 0.3) is 0 Å². The van der Waals surface area contributed by atoms with Gasteiger partial charge in [-0.1, -0.05) is 29.5 Å². The van der Waals surface area contributed by atoms with E-state index in [1.165, 1.54) is 37.7 Å². The van der Waals surface area contributed by atoms with Crippen molar-refractivity contribution in [2.45, 2.75) is 18.8 Å². The molecule has 0 saturated carbocycles. The minimum Gasteiger partial charge on any atom is -0.463 e. The van der Waals surface area contributed by atoms with Crippen LogP contribution in [0.5, 0.6) is 5.88 Å². The van der Waals surface area contributed by atoms with Crippen molar-refractivity contribution >= 4 is 23.3 Å². The lowest BCUT2D eigenvalue weighted by molar-refractivity contribution is 0.0843. The monoisotopic (exact) mass is 359 g/mol. The average Bonchev–Trinajstić information content (AvgIpc) is 3.08. The van der Waals surface area contributed by atoms with E-state index in [0.29, 0.717) is 23.4 Å². The second-order valence-corrected chi connectivity index (χ2v) is 7.26. The summed E-state index contributed by atoms with van der Waals surface area (Å²) in [5, 5.41) is 0.691. The summed E-state index contributed by atoms with van der Waals surface area (Å²) in [6, 6.07) is 7.51. The van der Waals surface area contributed by atoms with Crippen molar-refractivity contribution in [2.24, 2.45) is 5.92 Å². The second-order valence-electron chi connectivity index (χ2n) is 6.30. The van der Waals surface area contributed by atoms with Gasteiger partial charge in [-0.3, -0.25) is 0 Å². The SMILES string of the molecule is Clc1cccc(C#CCOc2nsnc2C2CN3CCC2CC3)c1. The van der Waals surface area contributed by atoms with Gasteiger partial charge < -0.3 is 9.64 Å². The molecule has 0 N–H and O–H groups in total. The molecule has 3 aliphatic rings. The fourth-order valence-corrected chi connectivity index (χ4v) is 4.35. The van der Waals surface area contributed by atoms with Crippen LogP contribution in [-0.2, 0) is 0 Å². The highest BCUT2D eigenvalue weighted by molar-refractivity contribution is 6.99. The third-order valence-electron chi connectivity index (χ3n) is 4.83. The topological polar surface area (TPSA) is 38.3 Å². The van der Waals surface area contributed by atoms with Gasteiger partial charge in [-0.15, -0.1) is 4.37 Å². The maximum atomic E-state index is 5.96. The highest BCUT2D eigenvalue weighted by Gasteiger charge is 2.38. The number of aromatic nitrogens is 2. The van der Waals surface area contributed by atoms with E-state index >= 15 is 0 Å². The molecule has 3 aliphatic heterocycles. The first-order chi connectivity index (χ1) is 11.8. The predicted molar refractivity (Wildman–Crippen MR) is 95.6 cm³/mol. The largest absolute Gasteiger partial charge is 0.463 e. The zero-order valence-electron chi connectivity index (χ0n) is 13.2. The Morgan fingerprint density at radius 1 is 1.29 bits per heavy atom. The van der Waals surface area contributed by atoms with Crippen LogP contribution in [0.4, 0.5) is 0 Å². The number of ether oxygens (including phenoxy) is 1. The molecule has 1 unspecified atom stereocenters. The predicted octanol–water partition coefficient (Wildman–Crippen LogP) is 3.43. The average molecular weight is 360 g/mol. The van der Waals surface area contributed by atoms with Gasteiger partial charge in [0.1, 0.15) is 5.69 Å². The third-order valence-corrected chi connectivity index (χ3v) is 5.59. The summed E-state index contributed by atoms with van der Waals surface area (Å²) >= 11 is 7.19. The van der Waals surface area contributed by atoms with Crippen LogP contribution < -0.4 is 4.74 Å². The van der Waals surface area contributed by atoms with E-state index in [4.69, 9.17) is 16.3 Å². The van der Waals surface area contributed by atoms with Gasteiger partial charge in [0.05, 0.1) is 11.7 Å². The number of rotatable bonds is 3. The van der Waals surface area contributed by atoms with Crippen molar-refractivity contribution in [2.75, 3.05) is 26.2 Å². The molecule has 3 saturated heterocycles. The highest BCUT2D eigenvalue weighted by atomic mass is 35.5. The molecule has 0 amide bonds. The van der Waals surface area contributed by atoms with Gasteiger partial charge >= 0.3 is 0 Å².